The normalized spacial score (nSPS) is 12.7. The van der Waals surface area contributed by atoms with Gasteiger partial charge in [0.05, 0.1) is 37.3 Å². The fourth-order valence-electron chi connectivity index (χ4n) is 2.69. The smallest absolute Gasteiger partial charge is 0.241 e. The highest BCUT2D eigenvalue weighted by molar-refractivity contribution is 7.89. The van der Waals surface area contributed by atoms with Crippen LogP contribution in [0.5, 0.6) is 5.75 Å². The zero-order chi connectivity index (χ0) is 22.0. The average molecular weight is 441 g/mol. The lowest BCUT2D eigenvalue weighted by atomic mass is 10.1. The average Bonchev–Trinajstić information content (AvgIpc) is 3.27. The first-order chi connectivity index (χ1) is 14.4. The van der Waals surface area contributed by atoms with Gasteiger partial charge in [-0.05, 0) is 50.2 Å². The third-order valence-corrected chi connectivity index (χ3v) is 5.60. The van der Waals surface area contributed by atoms with Crippen LogP contribution < -0.4 is 14.8 Å². The first kappa shape index (κ1) is 23.9. The van der Waals surface area contributed by atoms with Gasteiger partial charge >= 0.3 is 0 Å². The van der Waals surface area contributed by atoms with Gasteiger partial charge in [-0.3, -0.25) is 4.79 Å². The summed E-state index contributed by atoms with van der Waals surface area (Å²) in [6.07, 6.45) is 0.692. The number of hydrogen-bond donors (Lipinski definition) is 2. The first-order valence-corrected chi connectivity index (χ1v) is 11.1. The number of furan rings is 1. The molecule has 0 aliphatic rings. The number of sulfonamides is 1. The van der Waals surface area contributed by atoms with Gasteiger partial charge in [0.25, 0.3) is 0 Å². The standard InChI is InChI=1S/C20H28N2O7S/c1-4-27-20(28-5-2)14-21-19(23)13-17(18-7-6-12-29-18)22-30(24,25)16-10-8-15(26-3)9-11-16/h6-12,17,20,22H,4-5,13-14H2,1-3H3,(H,21,23). The van der Waals surface area contributed by atoms with Gasteiger partial charge in [0.1, 0.15) is 11.5 Å². The van der Waals surface area contributed by atoms with Gasteiger partial charge in [0.15, 0.2) is 6.29 Å². The molecule has 30 heavy (non-hydrogen) atoms. The Morgan fingerprint density at radius 1 is 1.10 bits per heavy atom. The van der Waals surface area contributed by atoms with E-state index in [-0.39, 0.29) is 23.8 Å². The van der Waals surface area contributed by atoms with E-state index in [1.54, 1.807) is 24.3 Å². The summed E-state index contributed by atoms with van der Waals surface area (Å²) in [5.74, 6) is 0.487. The van der Waals surface area contributed by atoms with Crippen molar-refractivity contribution in [2.75, 3.05) is 26.9 Å². The van der Waals surface area contributed by atoms with E-state index in [4.69, 9.17) is 18.6 Å². The molecular weight excluding hydrogens is 412 g/mol. The molecule has 0 fully saturated rings. The van der Waals surface area contributed by atoms with E-state index in [0.29, 0.717) is 24.7 Å². The quantitative estimate of drug-likeness (QED) is 0.459. The first-order valence-electron chi connectivity index (χ1n) is 9.59. The van der Waals surface area contributed by atoms with Gasteiger partial charge in [-0.25, -0.2) is 8.42 Å². The van der Waals surface area contributed by atoms with Crippen molar-refractivity contribution in [3.8, 4) is 5.75 Å². The lowest BCUT2D eigenvalue weighted by Crippen LogP contribution is -2.38. The van der Waals surface area contributed by atoms with Crippen molar-refractivity contribution in [3.05, 3.63) is 48.4 Å². The number of carbonyl (C=O) groups is 1. The summed E-state index contributed by atoms with van der Waals surface area (Å²) in [5.41, 5.74) is 0. The van der Waals surface area contributed by atoms with Crippen LogP contribution in [-0.4, -0.2) is 47.5 Å². The topological polar surface area (TPSA) is 116 Å². The van der Waals surface area contributed by atoms with Crippen LogP contribution in [-0.2, 0) is 24.3 Å². The number of amides is 1. The molecule has 0 radical (unpaired) electrons. The van der Waals surface area contributed by atoms with E-state index in [2.05, 4.69) is 10.0 Å². The number of methoxy groups -OCH3 is 1. The molecule has 166 valence electrons. The highest BCUT2D eigenvalue weighted by Crippen LogP contribution is 2.22. The number of ether oxygens (including phenoxy) is 3. The molecule has 2 rings (SSSR count). The van der Waals surface area contributed by atoms with E-state index >= 15 is 0 Å². The third kappa shape index (κ3) is 7.13. The Kier molecular flexibility index (Phi) is 9.31. The van der Waals surface area contributed by atoms with Crippen molar-refractivity contribution in [2.45, 2.75) is 37.5 Å². The maximum atomic E-state index is 12.8. The number of nitrogens with one attached hydrogen (secondary N) is 2. The van der Waals surface area contributed by atoms with Crippen LogP contribution in [0.25, 0.3) is 0 Å². The Bertz CT molecular complexity index is 861. The number of carbonyl (C=O) groups excluding carboxylic acids is 1. The number of rotatable bonds is 13. The Labute approximate surface area is 176 Å². The molecule has 10 heteroatoms. The molecule has 1 amide bonds. The van der Waals surface area contributed by atoms with Crippen molar-refractivity contribution in [2.24, 2.45) is 0 Å². The van der Waals surface area contributed by atoms with Gasteiger partial charge in [0.2, 0.25) is 15.9 Å². The minimum absolute atomic E-state index is 0.0491. The Morgan fingerprint density at radius 2 is 1.77 bits per heavy atom. The van der Waals surface area contributed by atoms with Gasteiger partial charge in [-0.1, -0.05) is 0 Å². The molecule has 0 saturated heterocycles. The van der Waals surface area contributed by atoms with Crippen molar-refractivity contribution in [1.29, 1.82) is 0 Å². The monoisotopic (exact) mass is 440 g/mol. The lowest BCUT2D eigenvalue weighted by Gasteiger charge is -2.19. The van der Waals surface area contributed by atoms with E-state index in [9.17, 15) is 13.2 Å². The molecule has 1 heterocycles. The number of benzene rings is 1. The highest BCUT2D eigenvalue weighted by atomic mass is 32.2. The molecule has 0 saturated carbocycles. The SMILES string of the molecule is CCOC(CNC(=O)CC(NS(=O)(=O)c1ccc(OC)cc1)c1ccco1)OCC. The maximum Gasteiger partial charge on any atom is 0.241 e. The highest BCUT2D eigenvalue weighted by Gasteiger charge is 2.26. The molecular formula is C20H28N2O7S. The Balaban J connectivity index is 2.08. The molecule has 0 aliphatic carbocycles. The van der Waals surface area contributed by atoms with Crippen LogP contribution in [0.3, 0.4) is 0 Å². The summed E-state index contributed by atoms with van der Waals surface area (Å²) in [7, 11) is -2.40. The predicted molar refractivity (Wildman–Crippen MR) is 109 cm³/mol. The maximum absolute atomic E-state index is 12.8. The molecule has 0 bridgehead atoms. The van der Waals surface area contributed by atoms with Crippen molar-refractivity contribution >= 4 is 15.9 Å². The fourth-order valence-corrected chi connectivity index (χ4v) is 3.90. The van der Waals surface area contributed by atoms with E-state index in [1.807, 2.05) is 13.8 Å². The Hall–Kier alpha value is -2.40. The summed E-state index contributed by atoms with van der Waals surface area (Å²) < 4.78 is 49.3. The van der Waals surface area contributed by atoms with Crippen molar-refractivity contribution in [1.82, 2.24) is 10.0 Å². The van der Waals surface area contributed by atoms with Crippen LogP contribution in [0, 0.1) is 0 Å². The van der Waals surface area contributed by atoms with Crippen LogP contribution in [0.4, 0.5) is 0 Å². The van der Waals surface area contributed by atoms with E-state index in [1.165, 1.54) is 25.5 Å². The Morgan fingerprint density at radius 3 is 2.30 bits per heavy atom. The van der Waals surface area contributed by atoms with Crippen LogP contribution in [0.1, 0.15) is 32.1 Å². The largest absolute Gasteiger partial charge is 0.497 e. The van der Waals surface area contributed by atoms with E-state index in [0.717, 1.165) is 0 Å². The molecule has 1 aromatic heterocycles. The van der Waals surface area contributed by atoms with E-state index < -0.39 is 22.4 Å². The minimum Gasteiger partial charge on any atom is -0.497 e. The van der Waals surface area contributed by atoms with Gasteiger partial charge < -0.3 is 23.9 Å². The van der Waals surface area contributed by atoms with Crippen molar-refractivity contribution < 1.29 is 31.8 Å². The van der Waals surface area contributed by atoms with Crippen LogP contribution >= 0.6 is 0 Å². The summed E-state index contributed by atoms with van der Waals surface area (Å²) in [6.45, 7) is 4.69. The second-order valence-electron chi connectivity index (χ2n) is 6.21. The molecule has 2 aromatic rings. The zero-order valence-electron chi connectivity index (χ0n) is 17.3. The summed E-state index contributed by atoms with van der Waals surface area (Å²) in [6, 6.07) is 8.30. The molecule has 1 atom stereocenters. The summed E-state index contributed by atoms with van der Waals surface area (Å²) >= 11 is 0. The van der Waals surface area contributed by atoms with Gasteiger partial charge in [-0.2, -0.15) is 4.72 Å². The molecule has 9 nitrogen and oxygen atoms in total. The third-order valence-electron chi connectivity index (χ3n) is 4.11. The predicted octanol–water partition coefficient (Wildman–Crippen LogP) is 2.21. The summed E-state index contributed by atoms with van der Waals surface area (Å²) in [5, 5.41) is 2.70. The second kappa shape index (κ2) is 11.7. The lowest BCUT2D eigenvalue weighted by molar-refractivity contribution is -0.140. The van der Waals surface area contributed by atoms with Gasteiger partial charge in [-0.15, -0.1) is 0 Å². The second-order valence-corrected chi connectivity index (χ2v) is 7.93. The minimum atomic E-state index is -3.90. The van der Waals surface area contributed by atoms with Gasteiger partial charge in [0, 0.05) is 13.2 Å². The van der Waals surface area contributed by atoms with Crippen molar-refractivity contribution in [3.63, 3.8) is 0 Å². The number of hydrogen-bond acceptors (Lipinski definition) is 7. The molecule has 1 aromatic carbocycles. The zero-order valence-corrected chi connectivity index (χ0v) is 18.1. The van der Waals surface area contributed by atoms with Crippen LogP contribution in [0.2, 0.25) is 0 Å². The molecule has 2 N–H and O–H groups in total. The fraction of sp³-hybridized carbons (Fsp3) is 0.450. The molecule has 0 aliphatic heterocycles. The summed E-state index contributed by atoms with van der Waals surface area (Å²) in [4.78, 5) is 12.5. The van der Waals surface area contributed by atoms with Crippen LogP contribution in [0.15, 0.2) is 52.0 Å². The molecule has 1 unspecified atom stereocenters. The molecule has 0 spiro atoms.